The van der Waals surface area contributed by atoms with Crippen LogP contribution in [0.5, 0.6) is 0 Å². The van der Waals surface area contributed by atoms with Gasteiger partial charge in [0.2, 0.25) is 5.91 Å². The number of nitrogens with zero attached hydrogens (tertiary/aromatic N) is 1. The molecular weight excluding hydrogens is 255 g/mol. The van der Waals surface area contributed by atoms with Gasteiger partial charge in [0.05, 0.1) is 13.2 Å². The van der Waals surface area contributed by atoms with E-state index in [0.29, 0.717) is 6.54 Å². The van der Waals surface area contributed by atoms with Crippen LogP contribution >= 0.6 is 0 Å². The molecule has 1 heterocycles. The van der Waals surface area contributed by atoms with Gasteiger partial charge in [-0.25, -0.2) is 0 Å². The zero-order valence-electron chi connectivity index (χ0n) is 12.3. The van der Waals surface area contributed by atoms with Crippen molar-refractivity contribution in [1.29, 1.82) is 0 Å². The Morgan fingerprint density at radius 1 is 1.35 bits per heavy atom. The molecule has 0 aliphatic carbocycles. The highest BCUT2D eigenvalue weighted by molar-refractivity contribution is 5.93. The number of amides is 1. The topological polar surface area (TPSA) is 32.3 Å². The third-order valence-corrected chi connectivity index (χ3v) is 3.95. The molecule has 0 spiro atoms. The van der Waals surface area contributed by atoms with Crippen LogP contribution in [-0.4, -0.2) is 37.1 Å². The molecule has 110 valence electrons. The SMILES string of the molecule is Cc1ccc(NC(=O)CN2CCC(CF)CC2)c(C)c1. The number of hydrogen-bond donors (Lipinski definition) is 1. The van der Waals surface area contributed by atoms with Crippen molar-refractivity contribution in [2.24, 2.45) is 5.92 Å². The van der Waals surface area contributed by atoms with Gasteiger partial charge in [0, 0.05) is 5.69 Å². The van der Waals surface area contributed by atoms with Crippen LogP contribution in [0.25, 0.3) is 0 Å². The van der Waals surface area contributed by atoms with Crippen LogP contribution in [0.1, 0.15) is 24.0 Å². The van der Waals surface area contributed by atoms with Gasteiger partial charge in [0.1, 0.15) is 0 Å². The maximum atomic E-state index is 12.5. The van der Waals surface area contributed by atoms with E-state index in [2.05, 4.69) is 16.3 Å². The van der Waals surface area contributed by atoms with Crippen molar-refractivity contribution < 1.29 is 9.18 Å². The number of nitrogens with one attached hydrogen (secondary N) is 1. The number of likely N-dealkylation sites (tertiary alicyclic amines) is 1. The number of halogens is 1. The second kappa shape index (κ2) is 6.84. The van der Waals surface area contributed by atoms with Gasteiger partial charge < -0.3 is 5.32 Å². The van der Waals surface area contributed by atoms with E-state index in [9.17, 15) is 9.18 Å². The van der Waals surface area contributed by atoms with Gasteiger partial charge in [-0.1, -0.05) is 17.7 Å². The van der Waals surface area contributed by atoms with Crippen molar-refractivity contribution in [3.63, 3.8) is 0 Å². The van der Waals surface area contributed by atoms with Crippen molar-refractivity contribution in [1.82, 2.24) is 4.90 Å². The van der Waals surface area contributed by atoms with Crippen molar-refractivity contribution in [3.8, 4) is 0 Å². The summed E-state index contributed by atoms with van der Waals surface area (Å²) in [6.45, 7) is 5.82. The third kappa shape index (κ3) is 4.04. The van der Waals surface area contributed by atoms with Gasteiger partial charge in [0.25, 0.3) is 0 Å². The number of carbonyl (C=O) groups excluding carboxylic acids is 1. The lowest BCUT2D eigenvalue weighted by Gasteiger charge is -2.30. The highest BCUT2D eigenvalue weighted by Crippen LogP contribution is 2.18. The van der Waals surface area contributed by atoms with Crippen molar-refractivity contribution in [3.05, 3.63) is 29.3 Å². The quantitative estimate of drug-likeness (QED) is 0.918. The number of rotatable bonds is 4. The zero-order valence-corrected chi connectivity index (χ0v) is 12.3. The summed E-state index contributed by atoms with van der Waals surface area (Å²) in [5, 5.41) is 2.96. The molecule has 0 bridgehead atoms. The van der Waals surface area contributed by atoms with Crippen molar-refractivity contribution in [2.45, 2.75) is 26.7 Å². The second-order valence-electron chi connectivity index (χ2n) is 5.74. The molecule has 0 radical (unpaired) electrons. The highest BCUT2D eigenvalue weighted by Gasteiger charge is 2.20. The molecule has 1 aliphatic heterocycles. The van der Waals surface area contributed by atoms with E-state index < -0.39 is 0 Å². The average molecular weight is 278 g/mol. The number of carbonyl (C=O) groups is 1. The minimum Gasteiger partial charge on any atom is -0.325 e. The molecule has 1 fully saturated rings. The Morgan fingerprint density at radius 3 is 2.65 bits per heavy atom. The Bertz CT molecular complexity index is 468. The summed E-state index contributed by atoms with van der Waals surface area (Å²) in [5.41, 5.74) is 3.14. The first kappa shape index (κ1) is 15.0. The largest absolute Gasteiger partial charge is 0.325 e. The first-order chi connectivity index (χ1) is 9.58. The molecule has 1 saturated heterocycles. The van der Waals surface area contributed by atoms with Crippen LogP contribution < -0.4 is 5.32 Å². The minimum atomic E-state index is -0.234. The number of alkyl halides is 1. The Hall–Kier alpha value is -1.42. The molecule has 1 amide bonds. The molecule has 0 unspecified atom stereocenters. The van der Waals surface area contributed by atoms with E-state index in [0.717, 1.165) is 37.2 Å². The molecule has 1 aliphatic rings. The molecule has 2 rings (SSSR count). The highest BCUT2D eigenvalue weighted by atomic mass is 19.1. The van der Waals surface area contributed by atoms with Crippen molar-refractivity contribution in [2.75, 3.05) is 31.6 Å². The Labute approximate surface area is 120 Å². The molecule has 1 N–H and O–H groups in total. The van der Waals surface area contributed by atoms with E-state index in [4.69, 9.17) is 0 Å². The Balaban J connectivity index is 1.84. The van der Waals surface area contributed by atoms with E-state index in [-0.39, 0.29) is 18.5 Å². The number of piperidine rings is 1. The minimum absolute atomic E-state index is 0.00986. The third-order valence-electron chi connectivity index (χ3n) is 3.95. The summed E-state index contributed by atoms with van der Waals surface area (Å²) < 4.78 is 12.5. The van der Waals surface area contributed by atoms with E-state index >= 15 is 0 Å². The number of hydrogen-bond acceptors (Lipinski definition) is 2. The smallest absolute Gasteiger partial charge is 0.238 e. The molecule has 1 aromatic rings. The molecule has 4 heteroatoms. The maximum Gasteiger partial charge on any atom is 0.238 e. The monoisotopic (exact) mass is 278 g/mol. The fraction of sp³-hybridized carbons (Fsp3) is 0.562. The second-order valence-corrected chi connectivity index (χ2v) is 5.74. The Morgan fingerprint density at radius 2 is 2.05 bits per heavy atom. The van der Waals surface area contributed by atoms with E-state index in [1.54, 1.807) is 0 Å². The first-order valence-electron chi connectivity index (χ1n) is 7.24. The van der Waals surface area contributed by atoms with E-state index in [1.165, 1.54) is 5.56 Å². The fourth-order valence-electron chi connectivity index (χ4n) is 2.65. The summed E-state index contributed by atoms with van der Waals surface area (Å²) in [5.74, 6) is 0.198. The summed E-state index contributed by atoms with van der Waals surface area (Å²) in [7, 11) is 0. The summed E-state index contributed by atoms with van der Waals surface area (Å²) in [4.78, 5) is 14.1. The maximum absolute atomic E-state index is 12.5. The standard InChI is InChI=1S/C16H23FN2O/c1-12-3-4-15(13(2)9-12)18-16(20)11-19-7-5-14(10-17)6-8-19/h3-4,9,14H,5-8,10-11H2,1-2H3,(H,18,20). The summed E-state index contributed by atoms with van der Waals surface area (Å²) in [6.07, 6.45) is 1.71. The first-order valence-corrected chi connectivity index (χ1v) is 7.24. The van der Waals surface area contributed by atoms with Crippen LogP contribution in [-0.2, 0) is 4.79 Å². The lowest BCUT2D eigenvalue weighted by atomic mass is 9.98. The van der Waals surface area contributed by atoms with Gasteiger partial charge in [-0.15, -0.1) is 0 Å². The normalized spacial score (nSPS) is 17.1. The lowest BCUT2D eigenvalue weighted by Crippen LogP contribution is -2.39. The number of aryl methyl sites for hydroxylation is 2. The van der Waals surface area contributed by atoms with Crippen LogP contribution in [0.2, 0.25) is 0 Å². The number of anilines is 1. The van der Waals surface area contributed by atoms with Gasteiger partial charge in [-0.3, -0.25) is 14.1 Å². The molecule has 0 saturated carbocycles. The van der Waals surface area contributed by atoms with Gasteiger partial charge in [0.15, 0.2) is 0 Å². The van der Waals surface area contributed by atoms with Crippen LogP contribution in [0.4, 0.5) is 10.1 Å². The zero-order chi connectivity index (χ0) is 14.5. The molecule has 0 atom stereocenters. The van der Waals surface area contributed by atoms with Gasteiger partial charge in [-0.2, -0.15) is 0 Å². The van der Waals surface area contributed by atoms with Crippen LogP contribution in [0.15, 0.2) is 18.2 Å². The fourth-order valence-corrected chi connectivity index (χ4v) is 2.65. The van der Waals surface area contributed by atoms with Crippen LogP contribution in [0, 0.1) is 19.8 Å². The van der Waals surface area contributed by atoms with Crippen LogP contribution in [0.3, 0.4) is 0 Å². The molecule has 0 aromatic heterocycles. The molecule has 20 heavy (non-hydrogen) atoms. The summed E-state index contributed by atoms with van der Waals surface area (Å²) >= 11 is 0. The Kier molecular flexibility index (Phi) is 5.12. The summed E-state index contributed by atoms with van der Waals surface area (Å²) in [6, 6.07) is 6.00. The lowest BCUT2D eigenvalue weighted by molar-refractivity contribution is -0.117. The molecular formula is C16H23FN2O. The van der Waals surface area contributed by atoms with Gasteiger partial charge in [-0.05, 0) is 57.3 Å². The molecule has 3 nitrogen and oxygen atoms in total. The average Bonchev–Trinajstić information content (AvgIpc) is 2.43. The predicted octanol–water partition coefficient (Wildman–Crippen LogP) is 2.92. The number of benzene rings is 1. The molecule has 1 aromatic carbocycles. The predicted molar refractivity (Wildman–Crippen MR) is 79.7 cm³/mol. The van der Waals surface area contributed by atoms with E-state index in [1.807, 2.05) is 26.0 Å². The van der Waals surface area contributed by atoms with Crippen molar-refractivity contribution >= 4 is 11.6 Å². The van der Waals surface area contributed by atoms with Gasteiger partial charge >= 0.3 is 0 Å².